The second kappa shape index (κ2) is 6.09. The molecule has 1 aliphatic rings. The lowest BCUT2D eigenvalue weighted by Gasteiger charge is -2.27. The minimum Gasteiger partial charge on any atom is -0.497 e. The Morgan fingerprint density at radius 1 is 1.16 bits per heavy atom. The Labute approximate surface area is 145 Å². The van der Waals surface area contributed by atoms with Crippen molar-refractivity contribution in [1.82, 2.24) is 9.88 Å². The highest BCUT2D eigenvalue weighted by Crippen LogP contribution is 2.29. The highest BCUT2D eigenvalue weighted by Gasteiger charge is 2.26. The lowest BCUT2D eigenvalue weighted by atomic mass is 10.1. The van der Waals surface area contributed by atoms with Crippen LogP contribution in [0.3, 0.4) is 0 Å². The van der Waals surface area contributed by atoms with E-state index in [4.69, 9.17) is 9.47 Å². The van der Waals surface area contributed by atoms with Crippen molar-refractivity contribution >= 4 is 17.0 Å². The molecule has 0 aliphatic carbocycles. The van der Waals surface area contributed by atoms with Gasteiger partial charge in [-0.2, -0.15) is 0 Å². The third kappa shape index (κ3) is 3.01. The summed E-state index contributed by atoms with van der Waals surface area (Å²) in [5.74, 6) is 1.20. The molecule has 0 radical (unpaired) electrons. The van der Waals surface area contributed by atoms with E-state index in [1.54, 1.807) is 12.0 Å². The molecule has 1 aromatic heterocycles. The van der Waals surface area contributed by atoms with E-state index in [9.17, 15) is 4.79 Å². The lowest BCUT2D eigenvalue weighted by Crippen LogP contribution is -2.36. The first-order chi connectivity index (χ1) is 12.1. The molecule has 5 nitrogen and oxygen atoms in total. The van der Waals surface area contributed by atoms with Crippen LogP contribution in [0, 0.1) is 6.92 Å². The van der Waals surface area contributed by atoms with Crippen molar-refractivity contribution in [2.75, 3.05) is 7.11 Å². The van der Waals surface area contributed by atoms with Crippen molar-refractivity contribution in [3.8, 4) is 11.6 Å². The molecule has 25 heavy (non-hydrogen) atoms. The van der Waals surface area contributed by atoms with Crippen LogP contribution in [0.15, 0.2) is 48.5 Å². The molecule has 1 amide bonds. The summed E-state index contributed by atoms with van der Waals surface area (Å²) < 4.78 is 10.6. The Kier molecular flexibility index (Phi) is 3.76. The first-order valence-electron chi connectivity index (χ1n) is 8.12. The second-order valence-electron chi connectivity index (χ2n) is 6.22. The molecule has 0 spiro atoms. The SMILES string of the molecule is COc1ccc(CN2Cc3cc4ccc(C)cc4nc3OC2=O)cc1. The fourth-order valence-corrected chi connectivity index (χ4v) is 2.99. The minimum absolute atomic E-state index is 0.372. The molecule has 5 heteroatoms. The Balaban J connectivity index is 1.61. The number of hydrogen-bond acceptors (Lipinski definition) is 4. The van der Waals surface area contributed by atoms with Crippen molar-refractivity contribution in [2.24, 2.45) is 0 Å². The molecule has 0 saturated carbocycles. The maximum atomic E-state index is 12.3. The fraction of sp³-hybridized carbons (Fsp3) is 0.200. The quantitative estimate of drug-likeness (QED) is 0.724. The molecule has 0 bridgehead atoms. The number of hydrogen-bond donors (Lipinski definition) is 0. The smallest absolute Gasteiger partial charge is 0.417 e. The van der Waals surface area contributed by atoms with E-state index in [2.05, 4.69) is 11.1 Å². The van der Waals surface area contributed by atoms with Crippen LogP contribution < -0.4 is 9.47 Å². The Hall–Kier alpha value is -3.08. The van der Waals surface area contributed by atoms with Crippen molar-refractivity contribution < 1.29 is 14.3 Å². The van der Waals surface area contributed by atoms with Gasteiger partial charge in [-0.15, -0.1) is 0 Å². The molecule has 0 fully saturated rings. The standard InChI is InChI=1S/C20H18N2O3/c1-13-3-6-15-10-16-12-22(11-14-4-7-17(24-2)8-5-14)20(23)25-19(16)21-18(15)9-13/h3-10H,11-12H2,1-2H3. The van der Waals surface area contributed by atoms with Gasteiger partial charge >= 0.3 is 6.09 Å². The topological polar surface area (TPSA) is 51.7 Å². The van der Waals surface area contributed by atoms with Gasteiger partial charge in [0.2, 0.25) is 5.88 Å². The fourth-order valence-electron chi connectivity index (χ4n) is 2.99. The van der Waals surface area contributed by atoms with E-state index in [0.29, 0.717) is 19.0 Å². The third-order valence-electron chi connectivity index (χ3n) is 4.35. The van der Waals surface area contributed by atoms with Crippen molar-refractivity contribution in [2.45, 2.75) is 20.0 Å². The maximum Gasteiger partial charge on any atom is 0.417 e. The van der Waals surface area contributed by atoms with Crippen LogP contribution in [0.25, 0.3) is 10.9 Å². The Bertz CT molecular complexity index is 951. The summed E-state index contributed by atoms with van der Waals surface area (Å²) in [5, 5.41) is 1.05. The maximum absolute atomic E-state index is 12.3. The zero-order valence-electron chi connectivity index (χ0n) is 14.2. The molecule has 3 aromatic rings. The van der Waals surface area contributed by atoms with Crippen LogP contribution in [0.1, 0.15) is 16.7 Å². The monoisotopic (exact) mass is 334 g/mol. The van der Waals surface area contributed by atoms with Crippen molar-refractivity contribution in [3.05, 3.63) is 65.2 Å². The van der Waals surface area contributed by atoms with Crippen LogP contribution in [0.4, 0.5) is 4.79 Å². The van der Waals surface area contributed by atoms with Gasteiger partial charge < -0.3 is 9.47 Å². The normalized spacial score (nSPS) is 13.5. The number of benzene rings is 2. The lowest BCUT2D eigenvalue weighted by molar-refractivity contribution is 0.133. The molecular weight excluding hydrogens is 316 g/mol. The largest absolute Gasteiger partial charge is 0.497 e. The molecule has 0 N–H and O–H groups in total. The van der Waals surface area contributed by atoms with Gasteiger partial charge in [-0.3, -0.25) is 4.90 Å². The number of amides is 1. The number of methoxy groups -OCH3 is 1. The average Bonchev–Trinajstić information content (AvgIpc) is 2.61. The first kappa shape index (κ1) is 15.4. The van der Waals surface area contributed by atoms with E-state index in [1.165, 1.54) is 0 Å². The van der Waals surface area contributed by atoms with Gasteiger partial charge in [0, 0.05) is 17.5 Å². The molecular formula is C20H18N2O3. The van der Waals surface area contributed by atoms with E-state index in [-0.39, 0.29) is 6.09 Å². The number of fused-ring (bicyclic) bond motifs is 2. The number of carbonyl (C=O) groups excluding carboxylic acids is 1. The molecule has 0 unspecified atom stereocenters. The summed E-state index contributed by atoms with van der Waals surface area (Å²) in [6.45, 7) is 2.98. The minimum atomic E-state index is -0.372. The van der Waals surface area contributed by atoms with Crippen LogP contribution in [0.5, 0.6) is 11.6 Å². The van der Waals surface area contributed by atoms with Crippen LogP contribution >= 0.6 is 0 Å². The highest BCUT2D eigenvalue weighted by molar-refractivity contribution is 5.82. The predicted molar refractivity (Wildman–Crippen MR) is 94.7 cm³/mol. The van der Waals surface area contributed by atoms with Gasteiger partial charge in [0.05, 0.1) is 19.2 Å². The predicted octanol–water partition coefficient (Wildman–Crippen LogP) is 4.07. The van der Waals surface area contributed by atoms with Gasteiger partial charge in [0.15, 0.2) is 0 Å². The summed E-state index contributed by atoms with van der Waals surface area (Å²) in [6, 6.07) is 15.8. The zero-order chi connectivity index (χ0) is 17.4. The molecule has 0 atom stereocenters. The Morgan fingerprint density at radius 2 is 1.96 bits per heavy atom. The molecule has 0 saturated heterocycles. The second-order valence-corrected chi connectivity index (χ2v) is 6.22. The number of aryl methyl sites for hydroxylation is 1. The molecule has 1 aliphatic heterocycles. The summed E-state index contributed by atoms with van der Waals surface area (Å²) >= 11 is 0. The van der Waals surface area contributed by atoms with Crippen molar-refractivity contribution in [3.63, 3.8) is 0 Å². The molecule has 2 heterocycles. The number of pyridine rings is 1. The summed E-state index contributed by atoms with van der Waals surface area (Å²) in [6.07, 6.45) is -0.372. The van der Waals surface area contributed by atoms with Crippen LogP contribution in [0.2, 0.25) is 0 Å². The average molecular weight is 334 g/mol. The summed E-state index contributed by atoms with van der Waals surface area (Å²) in [5.41, 5.74) is 3.91. The molecule has 4 rings (SSSR count). The van der Waals surface area contributed by atoms with Gasteiger partial charge in [-0.1, -0.05) is 24.3 Å². The Morgan fingerprint density at radius 3 is 2.72 bits per heavy atom. The van der Waals surface area contributed by atoms with E-state index in [1.807, 2.05) is 49.4 Å². The molecule has 2 aromatic carbocycles. The highest BCUT2D eigenvalue weighted by atomic mass is 16.6. The molecule has 126 valence electrons. The first-order valence-corrected chi connectivity index (χ1v) is 8.12. The van der Waals surface area contributed by atoms with E-state index in [0.717, 1.165) is 33.3 Å². The summed E-state index contributed by atoms with van der Waals surface area (Å²) in [4.78, 5) is 18.5. The van der Waals surface area contributed by atoms with Crippen LogP contribution in [-0.2, 0) is 13.1 Å². The zero-order valence-corrected chi connectivity index (χ0v) is 14.2. The van der Waals surface area contributed by atoms with Gasteiger partial charge in [-0.25, -0.2) is 9.78 Å². The third-order valence-corrected chi connectivity index (χ3v) is 4.35. The van der Waals surface area contributed by atoms with Gasteiger partial charge in [0.1, 0.15) is 5.75 Å². The number of nitrogens with zero attached hydrogens (tertiary/aromatic N) is 2. The van der Waals surface area contributed by atoms with Crippen LogP contribution in [-0.4, -0.2) is 23.1 Å². The van der Waals surface area contributed by atoms with Crippen molar-refractivity contribution in [1.29, 1.82) is 0 Å². The van der Waals surface area contributed by atoms with E-state index >= 15 is 0 Å². The van der Waals surface area contributed by atoms with Gasteiger partial charge in [0.25, 0.3) is 0 Å². The van der Waals surface area contributed by atoms with Gasteiger partial charge in [-0.05, 0) is 42.3 Å². The number of aromatic nitrogens is 1. The number of ether oxygens (including phenoxy) is 2. The number of carbonyl (C=O) groups is 1. The number of rotatable bonds is 3. The van der Waals surface area contributed by atoms with E-state index < -0.39 is 0 Å². The summed E-state index contributed by atoms with van der Waals surface area (Å²) in [7, 11) is 1.63.